The van der Waals surface area contributed by atoms with Gasteiger partial charge in [0.15, 0.2) is 6.10 Å². The molecule has 1 fully saturated rings. The van der Waals surface area contributed by atoms with Crippen molar-refractivity contribution in [3.63, 3.8) is 0 Å². The molecule has 3 aromatic rings. The van der Waals surface area contributed by atoms with Crippen LogP contribution >= 0.6 is 0 Å². The number of nitrogens with one attached hydrogen (secondary N) is 1. The molecule has 1 heterocycles. The van der Waals surface area contributed by atoms with Crippen molar-refractivity contribution >= 4 is 23.3 Å². The molecule has 1 saturated heterocycles. The number of carbonyl (C=O) groups excluding carboxylic acids is 1. The molecular formula is C23H19FN2O4. The number of hydroxylamine groups is 1. The normalized spacial score (nSPS) is 20.7. The van der Waals surface area contributed by atoms with Crippen molar-refractivity contribution in [1.29, 1.82) is 0 Å². The Morgan fingerprint density at radius 1 is 0.900 bits per heavy atom. The molecule has 0 aliphatic carbocycles. The van der Waals surface area contributed by atoms with Crippen LogP contribution in [0.25, 0.3) is 0 Å². The number of para-hydroxylation sites is 1. The number of anilines is 2. The maximum atomic E-state index is 13.2. The second-order valence-electron chi connectivity index (χ2n) is 6.90. The minimum atomic E-state index is -1.39. The predicted molar refractivity (Wildman–Crippen MR) is 109 cm³/mol. The highest BCUT2D eigenvalue weighted by atomic mass is 19.1. The van der Waals surface area contributed by atoms with Crippen molar-refractivity contribution in [3.05, 3.63) is 96.3 Å². The van der Waals surface area contributed by atoms with Crippen LogP contribution in [0.1, 0.15) is 11.6 Å². The zero-order chi connectivity index (χ0) is 21.1. The molecule has 0 bridgehead atoms. The summed E-state index contributed by atoms with van der Waals surface area (Å²) in [4.78, 5) is 31.0. The van der Waals surface area contributed by atoms with E-state index >= 15 is 0 Å². The van der Waals surface area contributed by atoms with Gasteiger partial charge < -0.3 is 10.4 Å². The third kappa shape index (κ3) is 3.88. The van der Waals surface area contributed by atoms with Gasteiger partial charge in [0.25, 0.3) is 0 Å². The van der Waals surface area contributed by atoms with E-state index in [2.05, 4.69) is 5.32 Å². The van der Waals surface area contributed by atoms with Gasteiger partial charge in [-0.25, -0.2) is 14.2 Å². The smallest absolute Gasteiger partial charge is 0.336 e. The summed E-state index contributed by atoms with van der Waals surface area (Å²) in [6.07, 6.45) is -1.39. The molecule has 6 nitrogen and oxygen atoms in total. The zero-order valence-electron chi connectivity index (χ0n) is 15.8. The van der Waals surface area contributed by atoms with Gasteiger partial charge in [-0.15, -0.1) is 0 Å². The van der Waals surface area contributed by atoms with E-state index in [1.54, 1.807) is 12.1 Å². The number of hydrogen-bond donors (Lipinski definition) is 2. The first-order valence-electron chi connectivity index (χ1n) is 9.40. The highest BCUT2D eigenvalue weighted by molar-refractivity contribution is 5.97. The summed E-state index contributed by atoms with van der Waals surface area (Å²) < 4.78 is 13.2. The highest BCUT2D eigenvalue weighted by Gasteiger charge is 2.52. The first kappa shape index (κ1) is 19.6. The Morgan fingerprint density at radius 2 is 1.50 bits per heavy atom. The summed E-state index contributed by atoms with van der Waals surface area (Å²) in [6, 6.07) is 22.8. The zero-order valence-corrected chi connectivity index (χ0v) is 15.8. The number of carbonyl (C=O) groups is 2. The molecule has 3 atom stereocenters. The number of halogens is 1. The van der Waals surface area contributed by atoms with E-state index in [0.29, 0.717) is 11.4 Å². The highest BCUT2D eigenvalue weighted by Crippen LogP contribution is 2.43. The second-order valence-corrected chi connectivity index (χ2v) is 6.90. The summed E-state index contributed by atoms with van der Waals surface area (Å²) in [5.41, 5.74) is 1.74. The summed E-state index contributed by atoms with van der Waals surface area (Å²) >= 11 is 0. The molecule has 0 aromatic heterocycles. The van der Waals surface area contributed by atoms with Crippen LogP contribution in [0.4, 0.5) is 15.8 Å². The van der Waals surface area contributed by atoms with Crippen molar-refractivity contribution in [2.75, 3.05) is 10.4 Å². The van der Waals surface area contributed by atoms with Gasteiger partial charge in [0.05, 0.1) is 11.7 Å². The van der Waals surface area contributed by atoms with E-state index in [1.807, 2.05) is 48.5 Å². The van der Waals surface area contributed by atoms with Crippen molar-refractivity contribution in [2.24, 2.45) is 5.92 Å². The van der Waals surface area contributed by atoms with E-state index in [1.165, 1.54) is 29.3 Å². The molecule has 7 heteroatoms. The average Bonchev–Trinajstić information content (AvgIpc) is 3.18. The number of rotatable bonds is 5. The number of amides is 1. The van der Waals surface area contributed by atoms with Gasteiger partial charge in [0.2, 0.25) is 5.91 Å². The van der Waals surface area contributed by atoms with Crippen LogP contribution in [0.3, 0.4) is 0 Å². The topological polar surface area (TPSA) is 78.9 Å². The van der Waals surface area contributed by atoms with Crippen LogP contribution in [0.2, 0.25) is 0 Å². The largest absolute Gasteiger partial charge is 0.479 e. The van der Waals surface area contributed by atoms with E-state index in [9.17, 15) is 19.1 Å². The fraction of sp³-hybridized carbons (Fsp3) is 0.130. The van der Waals surface area contributed by atoms with Crippen molar-refractivity contribution in [1.82, 2.24) is 0 Å². The lowest BCUT2D eigenvalue weighted by molar-refractivity contribution is -0.151. The lowest BCUT2D eigenvalue weighted by Crippen LogP contribution is -2.37. The van der Waals surface area contributed by atoms with Gasteiger partial charge in [-0.1, -0.05) is 48.5 Å². The molecule has 2 N–H and O–H groups in total. The number of hydrogen-bond acceptors (Lipinski definition) is 4. The lowest BCUT2D eigenvalue weighted by Gasteiger charge is -2.27. The summed E-state index contributed by atoms with van der Waals surface area (Å²) in [6.45, 7) is 0. The molecule has 1 aliphatic heterocycles. The molecular weight excluding hydrogens is 387 g/mol. The van der Waals surface area contributed by atoms with Gasteiger partial charge >= 0.3 is 5.97 Å². The van der Waals surface area contributed by atoms with Crippen LogP contribution in [-0.4, -0.2) is 23.1 Å². The molecule has 3 aromatic carbocycles. The minimum absolute atomic E-state index is 0.371. The number of aliphatic carboxylic acids is 1. The Balaban J connectivity index is 1.74. The quantitative estimate of drug-likeness (QED) is 0.669. The van der Waals surface area contributed by atoms with Crippen LogP contribution in [-0.2, 0) is 14.4 Å². The summed E-state index contributed by atoms with van der Waals surface area (Å²) in [5.74, 6) is -3.25. The SMILES string of the molecule is O=C(Nc1ccc(F)cc1)[C@H]1[C@@H](c2ccccc2)N(c2ccccc2)O[C@H]1C(=O)O. The first-order chi connectivity index (χ1) is 14.5. The Bertz CT molecular complexity index is 1030. The molecule has 1 amide bonds. The number of nitrogens with zero attached hydrogens (tertiary/aromatic N) is 1. The Morgan fingerprint density at radius 3 is 2.10 bits per heavy atom. The Hall–Kier alpha value is -3.71. The van der Waals surface area contributed by atoms with Crippen LogP contribution in [0.5, 0.6) is 0 Å². The van der Waals surface area contributed by atoms with Gasteiger partial charge in [-0.3, -0.25) is 9.63 Å². The molecule has 0 unspecified atom stereocenters. The maximum Gasteiger partial charge on any atom is 0.336 e. The predicted octanol–water partition coefficient (Wildman–Crippen LogP) is 4.03. The molecule has 1 aliphatic rings. The van der Waals surface area contributed by atoms with Crippen LogP contribution in [0, 0.1) is 11.7 Å². The van der Waals surface area contributed by atoms with Crippen molar-refractivity contribution in [2.45, 2.75) is 12.1 Å². The number of benzene rings is 3. The third-order valence-corrected chi connectivity index (χ3v) is 4.96. The lowest BCUT2D eigenvalue weighted by atomic mass is 9.88. The molecule has 0 radical (unpaired) electrons. The fourth-order valence-electron chi connectivity index (χ4n) is 3.59. The standard InChI is InChI=1S/C23H19FN2O4/c24-16-11-13-17(14-12-16)25-22(27)19-20(15-7-3-1-4-8-15)26(30-21(19)23(28)29)18-9-5-2-6-10-18/h1-14,19-21H,(H,25,27)(H,28,29)/t19-,20+,21+/m0/s1. The van der Waals surface area contributed by atoms with Crippen LogP contribution < -0.4 is 10.4 Å². The minimum Gasteiger partial charge on any atom is -0.479 e. The summed E-state index contributed by atoms with van der Waals surface area (Å²) in [5, 5.41) is 14.0. The second kappa shape index (κ2) is 8.34. The van der Waals surface area contributed by atoms with E-state index < -0.39 is 35.8 Å². The van der Waals surface area contributed by atoms with Crippen molar-refractivity contribution in [3.8, 4) is 0 Å². The van der Waals surface area contributed by atoms with Crippen molar-refractivity contribution < 1.29 is 23.9 Å². The summed E-state index contributed by atoms with van der Waals surface area (Å²) in [7, 11) is 0. The molecule has 0 spiro atoms. The third-order valence-electron chi connectivity index (χ3n) is 4.96. The Kier molecular flexibility index (Phi) is 5.45. The molecule has 0 saturated carbocycles. The van der Waals surface area contributed by atoms with E-state index in [-0.39, 0.29) is 0 Å². The molecule has 152 valence electrons. The fourth-order valence-corrected chi connectivity index (χ4v) is 3.59. The van der Waals surface area contributed by atoms with E-state index in [0.717, 1.165) is 5.56 Å². The first-order valence-corrected chi connectivity index (χ1v) is 9.40. The number of carboxylic acids is 1. The molecule has 30 heavy (non-hydrogen) atoms. The maximum absolute atomic E-state index is 13.2. The Labute approximate surface area is 172 Å². The average molecular weight is 406 g/mol. The van der Waals surface area contributed by atoms with Crippen LogP contribution in [0.15, 0.2) is 84.9 Å². The molecule has 4 rings (SSSR count). The van der Waals surface area contributed by atoms with Gasteiger partial charge in [-0.05, 0) is 42.0 Å². The van der Waals surface area contributed by atoms with E-state index in [4.69, 9.17) is 4.84 Å². The van der Waals surface area contributed by atoms with Gasteiger partial charge in [0.1, 0.15) is 11.7 Å². The van der Waals surface area contributed by atoms with Gasteiger partial charge in [0, 0.05) is 5.69 Å². The monoisotopic (exact) mass is 406 g/mol. The number of carboxylic acid groups (broad SMARTS) is 1. The van der Waals surface area contributed by atoms with Gasteiger partial charge in [-0.2, -0.15) is 0 Å².